The normalized spacial score (nSPS) is 17.5. The third-order valence-corrected chi connectivity index (χ3v) is 2.65. The molecule has 0 radical (unpaired) electrons. The van der Waals surface area contributed by atoms with E-state index in [1.54, 1.807) is 0 Å². The van der Waals surface area contributed by atoms with Crippen molar-refractivity contribution in [3.63, 3.8) is 0 Å². The van der Waals surface area contributed by atoms with Gasteiger partial charge in [0.2, 0.25) is 5.91 Å². The van der Waals surface area contributed by atoms with E-state index in [0.717, 1.165) is 25.7 Å². The van der Waals surface area contributed by atoms with Crippen LogP contribution in [-0.2, 0) is 19.1 Å². The summed E-state index contributed by atoms with van der Waals surface area (Å²) in [6.45, 7) is 1.21. The van der Waals surface area contributed by atoms with Crippen molar-refractivity contribution >= 4 is 17.8 Å². The van der Waals surface area contributed by atoms with E-state index < -0.39 is 23.9 Å². The quantitative estimate of drug-likeness (QED) is 0.684. The van der Waals surface area contributed by atoms with Gasteiger partial charge in [0.05, 0.1) is 6.42 Å². The average Bonchev–Trinajstić information content (AvgIpc) is 2.68. The van der Waals surface area contributed by atoms with Crippen molar-refractivity contribution in [1.82, 2.24) is 5.32 Å². The van der Waals surface area contributed by atoms with Gasteiger partial charge in [-0.25, -0.2) is 4.79 Å². The highest BCUT2D eigenvalue weighted by Gasteiger charge is 2.25. The number of amides is 1. The van der Waals surface area contributed by atoms with Crippen LogP contribution in [0, 0.1) is 0 Å². The minimum atomic E-state index is -1.23. The standard InChI is InChI=1S/C11H17NO5/c1-7(13)12-9(11(15)16)6-10(14)17-8-4-2-3-5-8/h8-9H,2-6H2,1H3,(H,12,13)(H,15,16)/t9-/m0/s1. The topological polar surface area (TPSA) is 92.7 Å². The summed E-state index contributed by atoms with van der Waals surface area (Å²) in [6.07, 6.45) is 3.32. The second-order valence-corrected chi connectivity index (χ2v) is 4.19. The van der Waals surface area contributed by atoms with E-state index in [0.29, 0.717) is 0 Å². The predicted octanol–water partition coefficient (Wildman–Crippen LogP) is 0.452. The van der Waals surface area contributed by atoms with Crippen molar-refractivity contribution in [2.24, 2.45) is 0 Å². The summed E-state index contributed by atoms with van der Waals surface area (Å²) in [6, 6.07) is -1.21. The molecule has 1 rings (SSSR count). The molecule has 1 fully saturated rings. The van der Waals surface area contributed by atoms with E-state index in [-0.39, 0.29) is 12.5 Å². The van der Waals surface area contributed by atoms with Gasteiger partial charge >= 0.3 is 11.9 Å². The predicted molar refractivity (Wildman–Crippen MR) is 58.2 cm³/mol. The van der Waals surface area contributed by atoms with Gasteiger partial charge in [0.25, 0.3) is 0 Å². The number of nitrogens with one attached hydrogen (secondary N) is 1. The van der Waals surface area contributed by atoms with Gasteiger partial charge in [0.15, 0.2) is 0 Å². The molecule has 0 heterocycles. The van der Waals surface area contributed by atoms with Crippen molar-refractivity contribution in [3.8, 4) is 0 Å². The van der Waals surface area contributed by atoms with Crippen LogP contribution in [0.5, 0.6) is 0 Å². The highest BCUT2D eigenvalue weighted by Crippen LogP contribution is 2.21. The molecule has 96 valence electrons. The molecule has 0 aromatic rings. The summed E-state index contributed by atoms with van der Waals surface area (Å²) in [5, 5.41) is 11.0. The van der Waals surface area contributed by atoms with Gasteiger partial charge in [0, 0.05) is 6.92 Å². The van der Waals surface area contributed by atoms with E-state index in [1.807, 2.05) is 0 Å². The summed E-state index contributed by atoms with van der Waals surface area (Å²) in [4.78, 5) is 33.0. The Bertz CT molecular complexity index is 309. The molecule has 0 spiro atoms. The zero-order valence-electron chi connectivity index (χ0n) is 9.77. The highest BCUT2D eigenvalue weighted by molar-refractivity contribution is 5.86. The molecule has 2 N–H and O–H groups in total. The number of carbonyl (C=O) groups is 3. The first-order chi connectivity index (χ1) is 7.99. The van der Waals surface area contributed by atoms with Crippen LogP contribution in [-0.4, -0.2) is 35.1 Å². The van der Waals surface area contributed by atoms with E-state index in [4.69, 9.17) is 9.84 Å². The van der Waals surface area contributed by atoms with Gasteiger partial charge in [-0.3, -0.25) is 9.59 Å². The van der Waals surface area contributed by atoms with Crippen LogP contribution in [0.4, 0.5) is 0 Å². The van der Waals surface area contributed by atoms with Gasteiger partial charge in [-0.2, -0.15) is 0 Å². The number of carbonyl (C=O) groups excluding carboxylic acids is 2. The lowest BCUT2D eigenvalue weighted by atomic mass is 10.2. The maximum Gasteiger partial charge on any atom is 0.326 e. The Morgan fingerprint density at radius 2 is 1.94 bits per heavy atom. The number of carboxylic acids is 1. The average molecular weight is 243 g/mol. The smallest absolute Gasteiger partial charge is 0.326 e. The first-order valence-electron chi connectivity index (χ1n) is 5.68. The summed E-state index contributed by atoms with van der Waals surface area (Å²) in [7, 11) is 0. The van der Waals surface area contributed by atoms with Crippen LogP contribution in [0.1, 0.15) is 39.0 Å². The molecule has 17 heavy (non-hydrogen) atoms. The molecule has 6 heteroatoms. The maximum absolute atomic E-state index is 11.5. The third-order valence-electron chi connectivity index (χ3n) is 2.65. The molecule has 1 saturated carbocycles. The van der Waals surface area contributed by atoms with Gasteiger partial charge in [-0.1, -0.05) is 0 Å². The Kier molecular flexibility index (Phi) is 4.93. The van der Waals surface area contributed by atoms with Crippen molar-refractivity contribution in [3.05, 3.63) is 0 Å². The van der Waals surface area contributed by atoms with E-state index in [9.17, 15) is 14.4 Å². The van der Waals surface area contributed by atoms with Crippen LogP contribution in [0.3, 0.4) is 0 Å². The number of aliphatic carboxylic acids is 1. The summed E-state index contributed by atoms with van der Waals surface area (Å²) < 4.78 is 5.12. The fraction of sp³-hybridized carbons (Fsp3) is 0.727. The molecule has 6 nitrogen and oxygen atoms in total. The molecule has 0 unspecified atom stereocenters. The molecule has 1 aliphatic rings. The number of carboxylic acid groups (broad SMARTS) is 1. The van der Waals surface area contributed by atoms with Crippen LogP contribution in [0.25, 0.3) is 0 Å². The van der Waals surface area contributed by atoms with Crippen LogP contribution in [0.2, 0.25) is 0 Å². The van der Waals surface area contributed by atoms with Crippen molar-refractivity contribution in [2.75, 3.05) is 0 Å². The van der Waals surface area contributed by atoms with Crippen molar-refractivity contribution in [1.29, 1.82) is 0 Å². The van der Waals surface area contributed by atoms with Crippen LogP contribution < -0.4 is 5.32 Å². The van der Waals surface area contributed by atoms with E-state index in [1.165, 1.54) is 6.92 Å². The fourth-order valence-electron chi connectivity index (χ4n) is 1.85. The SMILES string of the molecule is CC(=O)N[C@@H](CC(=O)OC1CCCC1)C(=O)O. The largest absolute Gasteiger partial charge is 0.480 e. The first-order valence-corrected chi connectivity index (χ1v) is 5.68. The lowest BCUT2D eigenvalue weighted by Crippen LogP contribution is -2.41. The number of hydrogen-bond acceptors (Lipinski definition) is 4. The Balaban J connectivity index is 2.40. The molecule has 1 aliphatic carbocycles. The Morgan fingerprint density at radius 3 is 2.41 bits per heavy atom. The Morgan fingerprint density at radius 1 is 1.35 bits per heavy atom. The number of hydrogen-bond donors (Lipinski definition) is 2. The molecule has 0 aliphatic heterocycles. The monoisotopic (exact) mass is 243 g/mol. The van der Waals surface area contributed by atoms with Gasteiger partial charge in [-0.15, -0.1) is 0 Å². The zero-order chi connectivity index (χ0) is 12.8. The fourth-order valence-corrected chi connectivity index (χ4v) is 1.85. The maximum atomic E-state index is 11.5. The summed E-state index contributed by atoms with van der Waals surface area (Å²) in [5.74, 6) is -2.28. The molecule has 0 bridgehead atoms. The molecule has 1 amide bonds. The Hall–Kier alpha value is -1.59. The van der Waals surface area contributed by atoms with Gasteiger partial charge in [-0.05, 0) is 25.7 Å². The third kappa shape index (κ3) is 4.84. The molecular weight excluding hydrogens is 226 g/mol. The second-order valence-electron chi connectivity index (χ2n) is 4.19. The molecule has 1 atom stereocenters. The van der Waals surface area contributed by atoms with Crippen molar-refractivity contribution < 1.29 is 24.2 Å². The molecule has 0 saturated heterocycles. The lowest BCUT2D eigenvalue weighted by molar-refractivity contribution is -0.153. The van der Waals surface area contributed by atoms with Crippen LogP contribution >= 0.6 is 0 Å². The number of ether oxygens (including phenoxy) is 1. The number of esters is 1. The van der Waals surface area contributed by atoms with Gasteiger partial charge < -0.3 is 15.2 Å². The first kappa shape index (κ1) is 13.5. The lowest BCUT2D eigenvalue weighted by Gasteiger charge is -2.15. The molecule has 0 aromatic heterocycles. The van der Waals surface area contributed by atoms with Crippen LogP contribution in [0.15, 0.2) is 0 Å². The van der Waals surface area contributed by atoms with Crippen molar-refractivity contribution in [2.45, 2.75) is 51.2 Å². The molecular formula is C11H17NO5. The summed E-state index contributed by atoms with van der Waals surface area (Å²) in [5.41, 5.74) is 0. The summed E-state index contributed by atoms with van der Waals surface area (Å²) >= 11 is 0. The molecule has 0 aromatic carbocycles. The minimum Gasteiger partial charge on any atom is -0.480 e. The minimum absolute atomic E-state index is 0.0886. The second kappa shape index (κ2) is 6.22. The van der Waals surface area contributed by atoms with Gasteiger partial charge in [0.1, 0.15) is 12.1 Å². The van der Waals surface area contributed by atoms with E-state index in [2.05, 4.69) is 5.32 Å². The zero-order valence-corrected chi connectivity index (χ0v) is 9.77. The number of rotatable bonds is 5. The Labute approximate surface area is 99.3 Å². The van der Waals surface area contributed by atoms with E-state index >= 15 is 0 Å². The highest BCUT2D eigenvalue weighted by atomic mass is 16.5.